The fourth-order valence-electron chi connectivity index (χ4n) is 2.03. The van der Waals surface area contributed by atoms with Crippen molar-refractivity contribution in [3.63, 3.8) is 0 Å². The van der Waals surface area contributed by atoms with E-state index in [4.69, 9.17) is 4.42 Å². The fourth-order valence-corrected chi connectivity index (χ4v) is 2.03. The summed E-state index contributed by atoms with van der Waals surface area (Å²) in [5.41, 5.74) is -1.10. The molecule has 0 radical (unpaired) electrons. The van der Waals surface area contributed by atoms with E-state index in [0.717, 1.165) is 18.7 Å². The van der Waals surface area contributed by atoms with Crippen molar-refractivity contribution in [2.75, 3.05) is 6.54 Å². The first kappa shape index (κ1) is 15.6. The van der Waals surface area contributed by atoms with E-state index in [1.54, 1.807) is 6.07 Å². The summed E-state index contributed by atoms with van der Waals surface area (Å²) in [5.74, 6) is -0.123. The van der Waals surface area contributed by atoms with Crippen LogP contribution in [0.1, 0.15) is 31.2 Å². The van der Waals surface area contributed by atoms with Crippen LogP contribution in [-0.2, 0) is 6.18 Å². The summed E-state index contributed by atoms with van der Waals surface area (Å²) in [5, 5.41) is 3.11. The van der Waals surface area contributed by atoms with Gasteiger partial charge in [-0.3, -0.25) is 0 Å². The Labute approximate surface area is 119 Å². The fraction of sp³-hybridized carbons (Fsp3) is 0.333. The molecule has 21 heavy (non-hydrogen) atoms. The average Bonchev–Trinajstić information content (AvgIpc) is 2.87. The van der Waals surface area contributed by atoms with Gasteiger partial charge in [0.1, 0.15) is 17.3 Å². The Balaban J connectivity index is 2.38. The van der Waals surface area contributed by atoms with Crippen LogP contribution < -0.4 is 5.32 Å². The predicted octanol–water partition coefficient (Wildman–Crippen LogP) is 4.78. The van der Waals surface area contributed by atoms with Gasteiger partial charge in [-0.15, -0.1) is 0 Å². The molecule has 0 saturated heterocycles. The van der Waals surface area contributed by atoms with Gasteiger partial charge in [-0.2, -0.15) is 13.2 Å². The quantitative estimate of drug-likeness (QED) is 0.822. The van der Waals surface area contributed by atoms with Crippen molar-refractivity contribution in [2.45, 2.75) is 26.1 Å². The van der Waals surface area contributed by atoms with Crippen LogP contribution >= 0.6 is 0 Å². The molecule has 1 aromatic heterocycles. The lowest BCUT2D eigenvalue weighted by atomic mass is 10.1. The van der Waals surface area contributed by atoms with E-state index in [-0.39, 0.29) is 17.4 Å². The van der Waals surface area contributed by atoms with E-state index in [9.17, 15) is 17.6 Å². The smallest absolute Gasteiger partial charge is 0.416 e. The van der Waals surface area contributed by atoms with Gasteiger partial charge in [-0.05, 0) is 43.8 Å². The maximum Gasteiger partial charge on any atom is 0.416 e. The molecule has 114 valence electrons. The summed E-state index contributed by atoms with van der Waals surface area (Å²) < 4.78 is 57.3. The third-order valence-electron chi connectivity index (χ3n) is 3.12. The summed E-state index contributed by atoms with van der Waals surface area (Å²) in [6, 6.07) is 5.27. The number of hydrogen-bond acceptors (Lipinski definition) is 2. The number of alkyl halides is 3. The van der Waals surface area contributed by atoms with Crippen LogP contribution in [0.2, 0.25) is 0 Å². The molecule has 2 nitrogen and oxygen atoms in total. The first-order valence-corrected chi connectivity index (χ1v) is 6.53. The highest BCUT2D eigenvalue weighted by Crippen LogP contribution is 2.34. The molecular weight excluding hydrogens is 286 g/mol. The highest BCUT2D eigenvalue weighted by Gasteiger charge is 2.31. The lowest BCUT2D eigenvalue weighted by Crippen LogP contribution is -2.16. The second kappa shape index (κ2) is 5.89. The van der Waals surface area contributed by atoms with Gasteiger partial charge in [0.05, 0.1) is 17.2 Å². The zero-order chi connectivity index (χ0) is 15.6. The molecule has 2 aromatic rings. The van der Waals surface area contributed by atoms with Crippen LogP contribution in [-0.4, -0.2) is 6.54 Å². The van der Waals surface area contributed by atoms with Crippen LogP contribution in [0.4, 0.5) is 17.6 Å². The van der Waals surface area contributed by atoms with Gasteiger partial charge in [-0.25, -0.2) is 4.39 Å². The SMILES string of the molecule is CCNC(C)c1ccc(-c2cc(C(F)(F)F)ccc2F)o1. The Bertz CT molecular complexity index is 618. The minimum Gasteiger partial charge on any atom is -0.459 e. The molecule has 1 atom stereocenters. The van der Waals surface area contributed by atoms with E-state index < -0.39 is 17.6 Å². The van der Waals surface area contributed by atoms with Gasteiger partial charge in [0.15, 0.2) is 0 Å². The summed E-state index contributed by atoms with van der Waals surface area (Å²) in [6.45, 7) is 4.50. The van der Waals surface area contributed by atoms with Gasteiger partial charge in [0.2, 0.25) is 0 Å². The second-order valence-corrected chi connectivity index (χ2v) is 4.67. The van der Waals surface area contributed by atoms with Crippen molar-refractivity contribution < 1.29 is 22.0 Å². The highest BCUT2D eigenvalue weighted by molar-refractivity contribution is 5.60. The minimum absolute atomic E-state index is 0.0818. The Morgan fingerprint density at radius 1 is 1.19 bits per heavy atom. The molecule has 0 aliphatic heterocycles. The molecule has 0 fully saturated rings. The second-order valence-electron chi connectivity index (χ2n) is 4.67. The third-order valence-corrected chi connectivity index (χ3v) is 3.12. The molecule has 0 amide bonds. The van der Waals surface area contributed by atoms with Gasteiger partial charge >= 0.3 is 6.18 Å². The molecule has 0 bridgehead atoms. The van der Waals surface area contributed by atoms with Crippen LogP contribution in [0.3, 0.4) is 0 Å². The van der Waals surface area contributed by atoms with E-state index in [1.807, 2.05) is 13.8 Å². The summed E-state index contributed by atoms with van der Waals surface area (Å²) in [4.78, 5) is 0. The molecule has 1 aromatic carbocycles. The molecule has 0 aliphatic carbocycles. The van der Waals surface area contributed by atoms with E-state index in [2.05, 4.69) is 5.32 Å². The molecule has 0 spiro atoms. The molecular formula is C15H15F4NO. The maximum absolute atomic E-state index is 13.8. The molecule has 6 heteroatoms. The standard InChI is InChI=1S/C15H15F4NO/c1-3-20-9(2)13-6-7-14(21-13)11-8-10(15(17,18)19)4-5-12(11)16/h4-9,20H,3H2,1-2H3. The molecule has 0 saturated carbocycles. The Morgan fingerprint density at radius 3 is 2.52 bits per heavy atom. The summed E-state index contributed by atoms with van der Waals surface area (Å²) in [7, 11) is 0. The van der Waals surface area contributed by atoms with Gasteiger partial charge in [-0.1, -0.05) is 6.92 Å². The van der Waals surface area contributed by atoms with E-state index >= 15 is 0 Å². The number of halogens is 4. The first-order valence-electron chi connectivity index (χ1n) is 6.53. The minimum atomic E-state index is -4.52. The van der Waals surface area contributed by atoms with E-state index in [1.165, 1.54) is 6.07 Å². The first-order chi connectivity index (χ1) is 9.82. The lowest BCUT2D eigenvalue weighted by Gasteiger charge is -2.10. The number of furan rings is 1. The molecule has 1 heterocycles. The number of benzene rings is 1. The van der Waals surface area contributed by atoms with Crippen molar-refractivity contribution in [2.24, 2.45) is 0 Å². The number of nitrogens with one attached hydrogen (secondary N) is 1. The van der Waals surface area contributed by atoms with Crippen molar-refractivity contribution in [3.8, 4) is 11.3 Å². The highest BCUT2D eigenvalue weighted by atomic mass is 19.4. The van der Waals surface area contributed by atoms with Crippen molar-refractivity contribution in [3.05, 3.63) is 47.5 Å². The Morgan fingerprint density at radius 2 is 1.90 bits per heavy atom. The largest absolute Gasteiger partial charge is 0.459 e. The Kier molecular flexibility index (Phi) is 4.37. The van der Waals surface area contributed by atoms with Crippen LogP contribution in [0.25, 0.3) is 11.3 Å². The lowest BCUT2D eigenvalue weighted by molar-refractivity contribution is -0.137. The topological polar surface area (TPSA) is 25.2 Å². The van der Waals surface area contributed by atoms with Crippen molar-refractivity contribution in [1.82, 2.24) is 5.32 Å². The van der Waals surface area contributed by atoms with Gasteiger partial charge in [0, 0.05) is 0 Å². The van der Waals surface area contributed by atoms with Crippen molar-refractivity contribution in [1.29, 1.82) is 0 Å². The zero-order valence-corrected chi connectivity index (χ0v) is 11.6. The third kappa shape index (κ3) is 3.44. The maximum atomic E-state index is 13.8. The molecule has 0 aliphatic rings. The summed E-state index contributed by atoms with van der Waals surface area (Å²) >= 11 is 0. The predicted molar refractivity (Wildman–Crippen MR) is 71.2 cm³/mol. The monoisotopic (exact) mass is 301 g/mol. The normalized spacial score (nSPS) is 13.4. The molecule has 2 rings (SSSR count). The van der Waals surface area contributed by atoms with Crippen LogP contribution in [0.15, 0.2) is 34.7 Å². The molecule has 1 N–H and O–H groups in total. The molecule has 1 unspecified atom stereocenters. The van der Waals surface area contributed by atoms with Crippen molar-refractivity contribution >= 4 is 0 Å². The zero-order valence-electron chi connectivity index (χ0n) is 11.6. The van der Waals surface area contributed by atoms with E-state index in [0.29, 0.717) is 11.8 Å². The number of hydrogen-bond donors (Lipinski definition) is 1. The van der Waals surface area contributed by atoms with Crippen LogP contribution in [0.5, 0.6) is 0 Å². The summed E-state index contributed by atoms with van der Waals surface area (Å²) in [6.07, 6.45) is -4.52. The number of rotatable bonds is 4. The van der Waals surface area contributed by atoms with Gasteiger partial charge < -0.3 is 9.73 Å². The average molecular weight is 301 g/mol. The van der Waals surface area contributed by atoms with Crippen LogP contribution in [0, 0.1) is 5.82 Å². The van der Waals surface area contributed by atoms with Gasteiger partial charge in [0.25, 0.3) is 0 Å². The Hall–Kier alpha value is -1.82.